The number of aliphatic hydroxyl groups is 1. The summed E-state index contributed by atoms with van der Waals surface area (Å²) in [6.45, 7) is 4.67. The average molecular weight is 264 g/mol. The minimum absolute atomic E-state index is 0.0908. The standard InChI is InChI=1S/C15H24N2O2/c1-15(2,17(3)4)11-16-14(19)10-13(18)12-8-6-5-7-9-12/h5-9,13,18H,10-11H2,1-4H3,(H,16,19). The van der Waals surface area contributed by atoms with Gasteiger partial charge in [0.15, 0.2) is 0 Å². The van der Waals surface area contributed by atoms with Gasteiger partial charge in [0.1, 0.15) is 0 Å². The zero-order valence-electron chi connectivity index (χ0n) is 12.2. The lowest BCUT2D eigenvalue weighted by Gasteiger charge is -2.32. The van der Waals surface area contributed by atoms with Gasteiger partial charge in [0.05, 0.1) is 12.5 Å². The van der Waals surface area contributed by atoms with E-state index in [1.54, 1.807) is 0 Å². The Bertz CT molecular complexity index is 402. The predicted octanol–water partition coefficient (Wildman–Crippen LogP) is 1.57. The molecule has 0 bridgehead atoms. The molecule has 4 heteroatoms. The zero-order chi connectivity index (χ0) is 14.5. The maximum Gasteiger partial charge on any atom is 0.223 e. The monoisotopic (exact) mass is 264 g/mol. The lowest BCUT2D eigenvalue weighted by atomic mass is 10.0. The Balaban J connectivity index is 2.44. The van der Waals surface area contributed by atoms with Crippen LogP contribution in [0.5, 0.6) is 0 Å². The molecule has 1 unspecified atom stereocenters. The van der Waals surface area contributed by atoms with Crippen LogP contribution in [-0.4, -0.2) is 42.1 Å². The smallest absolute Gasteiger partial charge is 0.223 e. The SMILES string of the molecule is CN(C)C(C)(C)CNC(=O)CC(O)c1ccccc1. The van der Waals surface area contributed by atoms with E-state index in [9.17, 15) is 9.90 Å². The van der Waals surface area contributed by atoms with Gasteiger partial charge in [-0.1, -0.05) is 30.3 Å². The molecule has 0 radical (unpaired) electrons. The number of rotatable bonds is 6. The summed E-state index contributed by atoms with van der Waals surface area (Å²) in [6.07, 6.45) is -0.656. The summed E-state index contributed by atoms with van der Waals surface area (Å²) < 4.78 is 0. The molecule has 4 nitrogen and oxygen atoms in total. The molecule has 0 spiro atoms. The van der Waals surface area contributed by atoms with Gasteiger partial charge in [-0.25, -0.2) is 0 Å². The molecule has 1 rings (SSSR count). The van der Waals surface area contributed by atoms with Crippen molar-refractivity contribution in [1.29, 1.82) is 0 Å². The van der Waals surface area contributed by atoms with Crippen molar-refractivity contribution in [3.8, 4) is 0 Å². The van der Waals surface area contributed by atoms with E-state index in [1.807, 2.05) is 44.4 Å². The molecule has 1 aromatic rings. The molecule has 106 valence electrons. The van der Waals surface area contributed by atoms with Crippen molar-refractivity contribution >= 4 is 5.91 Å². The molecule has 2 N–H and O–H groups in total. The van der Waals surface area contributed by atoms with E-state index in [0.717, 1.165) is 5.56 Å². The molecular formula is C15H24N2O2. The largest absolute Gasteiger partial charge is 0.388 e. The summed E-state index contributed by atoms with van der Waals surface area (Å²) in [5.41, 5.74) is 0.664. The van der Waals surface area contributed by atoms with Gasteiger partial charge in [0, 0.05) is 12.1 Å². The topological polar surface area (TPSA) is 52.6 Å². The van der Waals surface area contributed by atoms with Crippen molar-refractivity contribution in [2.24, 2.45) is 0 Å². The molecule has 0 fully saturated rings. The number of hydrogen-bond acceptors (Lipinski definition) is 3. The second kappa shape index (κ2) is 6.68. The summed E-state index contributed by atoms with van der Waals surface area (Å²) in [6, 6.07) is 9.23. The molecule has 1 atom stereocenters. The first-order chi connectivity index (χ1) is 8.83. The van der Waals surface area contributed by atoms with Gasteiger partial charge in [-0.05, 0) is 33.5 Å². The van der Waals surface area contributed by atoms with E-state index in [4.69, 9.17) is 0 Å². The molecule has 1 amide bonds. The van der Waals surface area contributed by atoms with E-state index in [-0.39, 0.29) is 17.9 Å². The number of carbonyl (C=O) groups excluding carboxylic acids is 1. The van der Waals surface area contributed by atoms with Crippen molar-refractivity contribution in [2.75, 3.05) is 20.6 Å². The maximum atomic E-state index is 11.8. The van der Waals surface area contributed by atoms with Crippen LogP contribution in [0.15, 0.2) is 30.3 Å². The third kappa shape index (κ3) is 5.01. The van der Waals surface area contributed by atoms with Crippen LogP contribution in [0.25, 0.3) is 0 Å². The highest BCUT2D eigenvalue weighted by Crippen LogP contribution is 2.16. The van der Waals surface area contributed by atoms with E-state index < -0.39 is 6.10 Å². The molecule has 0 aliphatic carbocycles. The molecule has 0 saturated heterocycles. The third-order valence-corrected chi connectivity index (χ3v) is 3.49. The van der Waals surface area contributed by atoms with Crippen LogP contribution in [0.2, 0.25) is 0 Å². The van der Waals surface area contributed by atoms with Crippen LogP contribution in [0.1, 0.15) is 31.9 Å². The molecule has 0 aromatic heterocycles. The average Bonchev–Trinajstić information content (AvgIpc) is 2.37. The number of likely N-dealkylation sites (N-methyl/N-ethyl adjacent to an activating group) is 1. The van der Waals surface area contributed by atoms with Crippen molar-refractivity contribution in [1.82, 2.24) is 10.2 Å². The molecule has 0 aliphatic rings. The Labute approximate surface area is 115 Å². The molecule has 1 aromatic carbocycles. The quantitative estimate of drug-likeness (QED) is 0.820. The molecule has 0 heterocycles. The first kappa shape index (κ1) is 15.7. The van der Waals surface area contributed by atoms with Crippen LogP contribution in [-0.2, 0) is 4.79 Å². The van der Waals surface area contributed by atoms with E-state index in [0.29, 0.717) is 6.54 Å². The van der Waals surface area contributed by atoms with Gasteiger partial charge in [-0.15, -0.1) is 0 Å². The van der Waals surface area contributed by atoms with Crippen LogP contribution < -0.4 is 5.32 Å². The van der Waals surface area contributed by atoms with Crippen LogP contribution in [0, 0.1) is 0 Å². The second-order valence-electron chi connectivity index (χ2n) is 5.61. The van der Waals surface area contributed by atoms with E-state index >= 15 is 0 Å². The first-order valence-corrected chi connectivity index (χ1v) is 6.50. The van der Waals surface area contributed by atoms with Crippen LogP contribution in [0.3, 0.4) is 0 Å². The summed E-state index contributed by atoms with van der Waals surface area (Å²) in [5.74, 6) is -0.133. The van der Waals surface area contributed by atoms with Gasteiger partial charge in [-0.3, -0.25) is 4.79 Å². The van der Waals surface area contributed by atoms with Crippen molar-refractivity contribution in [2.45, 2.75) is 31.9 Å². The fourth-order valence-corrected chi connectivity index (χ4v) is 1.51. The normalized spacial score (nSPS) is 13.4. The summed E-state index contributed by atoms with van der Waals surface area (Å²) in [7, 11) is 3.95. The molecule has 0 aliphatic heterocycles. The highest BCUT2D eigenvalue weighted by Gasteiger charge is 2.21. The third-order valence-electron chi connectivity index (χ3n) is 3.49. The van der Waals surface area contributed by atoms with E-state index in [2.05, 4.69) is 24.1 Å². The number of carbonyl (C=O) groups is 1. The number of nitrogens with zero attached hydrogens (tertiary/aromatic N) is 1. The summed E-state index contributed by atoms with van der Waals surface area (Å²) in [4.78, 5) is 13.9. The molecule has 0 saturated carbocycles. The highest BCUT2D eigenvalue weighted by molar-refractivity contribution is 5.76. The van der Waals surface area contributed by atoms with Crippen molar-refractivity contribution in [3.63, 3.8) is 0 Å². The van der Waals surface area contributed by atoms with Gasteiger partial charge in [0.2, 0.25) is 5.91 Å². The number of hydrogen-bond donors (Lipinski definition) is 2. The Kier molecular flexibility index (Phi) is 5.51. The Hall–Kier alpha value is -1.39. The number of aliphatic hydroxyl groups excluding tert-OH is 1. The van der Waals surface area contributed by atoms with E-state index in [1.165, 1.54) is 0 Å². The van der Waals surface area contributed by atoms with Gasteiger partial charge >= 0.3 is 0 Å². The van der Waals surface area contributed by atoms with Crippen molar-refractivity contribution in [3.05, 3.63) is 35.9 Å². The Morgan fingerprint density at radius 3 is 2.42 bits per heavy atom. The Morgan fingerprint density at radius 2 is 1.89 bits per heavy atom. The highest BCUT2D eigenvalue weighted by atomic mass is 16.3. The van der Waals surface area contributed by atoms with Crippen LogP contribution >= 0.6 is 0 Å². The number of benzene rings is 1. The van der Waals surface area contributed by atoms with Gasteiger partial charge in [-0.2, -0.15) is 0 Å². The number of amides is 1. The molecule has 19 heavy (non-hydrogen) atoms. The minimum atomic E-state index is -0.747. The fraction of sp³-hybridized carbons (Fsp3) is 0.533. The summed E-state index contributed by atoms with van der Waals surface area (Å²) in [5, 5.41) is 12.8. The fourth-order valence-electron chi connectivity index (χ4n) is 1.51. The molecular weight excluding hydrogens is 240 g/mol. The summed E-state index contributed by atoms with van der Waals surface area (Å²) >= 11 is 0. The number of nitrogens with one attached hydrogen (secondary N) is 1. The Morgan fingerprint density at radius 1 is 1.32 bits per heavy atom. The van der Waals surface area contributed by atoms with Gasteiger partial charge in [0.25, 0.3) is 0 Å². The lowest BCUT2D eigenvalue weighted by Crippen LogP contribution is -2.48. The maximum absolute atomic E-state index is 11.8. The van der Waals surface area contributed by atoms with Gasteiger partial charge < -0.3 is 15.3 Å². The predicted molar refractivity (Wildman–Crippen MR) is 76.8 cm³/mol. The minimum Gasteiger partial charge on any atom is -0.388 e. The lowest BCUT2D eigenvalue weighted by molar-refractivity contribution is -0.123. The first-order valence-electron chi connectivity index (χ1n) is 6.50. The second-order valence-corrected chi connectivity index (χ2v) is 5.61. The van der Waals surface area contributed by atoms with Crippen molar-refractivity contribution < 1.29 is 9.90 Å². The zero-order valence-corrected chi connectivity index (χ0v) is 12.2. The van der Waals surface area contributed by atoms with Crippen LogP contribution in [0.4, 0.5) is 0 Å².